The maximum absolute atomic E-state index is 13.2. The van der Waals surface area contributed by atoms with E-state index in [9.17, 15) is 9.18 Å². The fourth-order valence-corrected chi connectivity index (χ4v) is 3.19. The predicted molar refractivity (Wildman–Crippen MR) is 103 cm³/mol. The lowest BCUT2D eigenvalue weighted by atomic mass is 10.2. The number of carbonyl (C=O) groups is 1. The van der Waals surface area contributed by atoms with Crippen LogP contribution in [0.15, 0.2) is 52.4 Å². The molecule has 1 aliphatic rings. The average molecular weight is 376 g/mol. The normalized spacial score (nSPS) is 17.2. The maximum Gasteiger partial charge on any atom is 0.264 e. The van der Waals surface area contributed by atoms with Gasteiger partial charge < -0.3 is 10.2 Å². The van der Waals surface area contributed by atoms with Crippen molar-refractivity contribution in [2.45, 2.75) is 0 Å². The van der Waals surface area contributed by atoms with E-state index in [0.717, 1.165) is 11.3 Å². The van der Waals surface area contributed by atoms with Crippen LogP contribution in [0.25, 0.3) is 6.08 Å². The zero-order chi connectivity index (χ0) is 18.0. The summed E-state index contributed by atoms with van der Waals surface area (Å²) in [5, 5.41) is 3.12. The van der Waals surface area contributed by atoms with Crippen molar-refractivity contribution in [1.29, 1.82) is 0 Å². The van der Waals surface area contributed by atoms with Gasteiger partial charge in [-0.3, -0.25) is 4.79 Å². The van der Waals surface area contributed by atoms with E-state index >= 15 is 0 Å². The Hall–Kier alpha value is -2.31. The zero-order valence-electron chi connectivity index (χ0n) is 13.6. The molecule has 4 nitrogen and oxygen atoms in total. The Bertz CT molecular complexity index is 878. The third kappa shape index (κ3) is 4.21. The molecule has 1 saturated heterocycles. The summed E-state index contributed by atoms with van der Waals surface area (Å²) in [7, 11) is 3.94. The second-order valence-electron chi connectivity index (χ2n) is 5.57. The van der Waals surface area contributed by atoms with E-state index in [1.54, 1.807) is 6.08 Å². The summed E-state index contributed by atoms with van der Waals surface area (Å²) in [5.74, 6) is -0.718. The Morgan fingerprint density at radius 1 is 1.20 bits per heavy atom. The highest BCUT2D eigenvalue weighted by molar-refractivity contribution is 8.18. The Kier molecular flexibility index (Phi) is 5.11. The van der Waals surface area contributed by atoms with Gasteiger partial charge in [-0.15, -0.1) is 0 Å². The molecule has 1 aliphatic heterocycles. The summed E-state index contributed by atoms with van der Waals surface area (Å²) in [5.41, 5.74) is 2.49. The number of nitrogens with zero attached hydrogens (tertiary/aromatic N) is 2. The number of rotatable bonds is 3. The molecule has 7 heteroatoms. The van der Waals surface area contributed by atoms with Gasteiger partial charge in [0.15, 0.2) is 5.17 Å². The van der Waals surface area contributed by atoms with Crippen LogP contribution in [0.4, 0.5) is 15.8 Å². The van der Waals surface area contributed by atoms with Crippen LogP contribution in [0.5, 0.6) is 0 Å². The molecular weight excluding hydrogens is 361 g/mol. The number of amides is 1. The van der Waals surface area contributed by atoms with Gasteiger partial charge in [-0.25, -0.2) is 9.38 Å². The SMILES string of the molecule is CN(C)c1ccc(C=C2SC(=Nc3ccc(F)c(Cl)c3)NC2=O)cc1. The van der Waals surface area contributed by atoms with E-state index in [4.69, 9.17) is 11.6 Å². The quantitative estimate of drug-likeness (QED) is 0.807. The highest BCUT2D eigenvalue weighted by Gasteiger charge is 2.23. The van der Waals surface area contributed by atoms with Gasteiger partial charge in [0.1, 0.15) is 5.82 Å². The van der Waals surface area contributed by atoms with Crippen molar-refractivity contribution < 1.29 is 9.18 Å². The van der Waals surface area contributed by atoms with Gasteiger partial charge in [-0.05, 0) is 53.7 Å². The first-order chi connectivity index (χ1) is 11.9. The van der Waals surface area contributed by atoms with E-state index in [1.807, 2.05) is 43.3 Å². The van der Waals surface area contributed by atoms with Crippen LogP contribution in [0.2, 0.25) is 5.02 Å². The minimum Gasteiger partial charge on any atom is -0.378 e. The van der Waals surface area contributed by atoms with Crippen LogP contribution < -0.4 is 10.2 Å². The third-order valence-electron chi connectivity index (χ3n) is 3.49. The Balaban J connectivity index is 1.79. The number of carbonyl (C=O) groups excluding carboxylic acids is 1. The van der Waals surface area contributed by atoms with Crippen LogP contribution in [0, 0.1) is 5.82 Å². The Labute approximate surface area is 154 Å². The summed E-state index contributed by atoms with van der Waals surface area (Å²) in [4.78, 5) is 18.9. The number of nitrogens with one attached hydrogen (secondary N) is 1. The predicted octanol–water partition coefficient (Wildman–Crippen LogP) is 4.44. The molecule has 0 radical (unpaired) electrons. The molecule has 1 amide bonds. The molecule has 0 spiro atoms. The van der Waals surface area contributed by atoms with Gasteiger partial charge in [-0.1, -0.05) is 23.7 Å². The van der Waals surface area contributed by atoms with E-state index in [-0.39, 0.29) is 10.9 Å². The molecule has 25 heavy (non-hydrogen) atoms. The molecule has 2 aromatic rings. The molecule has 0 saturated carbocycles. The molecule has 0 bridgehead atoms. The molecule has 128 valence electrons. The maximum atomic E-state index is 13.2. The number of aliphatic imine (C=N–C) groups is 1. The molecule has 0 aromatic heterocycles. The number of anilines is 1. The monoisotopic (exact) mass is 375 g/mol. The smallest absolute Gasteiger partial charge is 0.264 e. The number of thioether (sulfide) groups is 1. The fraction of sp³-hybridized carbons (Fsp3) is 0.111. The minimum absolute atomic E-state index is 0.00655. The number of halogens is 2. The molecule has 0 unspecified atom stereocenters. The van der Waals surface area contributed by atoms with Crippen molar-refractivity contribution in [2.75, 3.05) is 19.0 Å². The molecule has 0 aliphatic carbocycles. The van der Waals surface area contributed by atoms with E-state index in [1.165, 1.54) is 30.0 Å². The van der Waals surface area contributed by atoms with Gasteiger partial charge in [0.05, 0.1) is 15.6 Å². The molecule has 3 rings (SSSR count). The molecule has 1 N–H and O–H groups in total. The van der Waals surface area contributed by atoms with Crippen molar-refractivity contribution >= 4 is 51.9 Å². The summed E-state index contributed by atoms with van der Waals surface area (Å²) < 4.78 is 13.2. The minimum atomic E-state index is -0.504. The van der Waals surface area contributed by atoms with Gasteiger partial charge in [-0.2, -0.15) is 0 Å². The van der Waals surface area contributed by atoms with Gasteiger partial charge in [0.25, 0.3) is 5.91 Å². The van der Waals surface area contributed by atoms with E-state index < -0.39 is 5.82 Å². The van der Waals surface area contributed by atoms with Crippen molar-refractivity contribution in [1.82, 2.24) is 5.32 Å². The summed E-state index contributed by atoms with van der Waals surface area (Å²) in [6, 6.07) is 12.0. The largest absolute Gasteiger partial charge is 0.378 e. The van der Waals surface area contributed by atoms with Crippen LogP contribution in [-0.4, -0.2) is 25.2 Å². The van der Waals surface area contributed by atoms with Crippen LogP contribution in [0.1, 0.15) is 5.56 Å². The summed E-state index contributed by atoms with van der Waals surface area (Å²) in [6.07, 6.45) is 1.81. The van der Waals surface area contributed by atoms with Gasteiger partial charge >= 0.3 is 0 Å². The third-order valence-corrected chi connectivity index (χ3v) is 4.69. The standard InChI is InChI=1S/C18H15ClFN3OS/c1-23(2)13-6-3-11(4-7-13)9-16-17(24)22-18(25-16)21-12-5-8-15(20)14(19)10-12/h3-10H,1-2H3,(H,21,22,24). The van der Waals surface area contributed by atoms with E-state index in [0.29, 0.717) is 15.8 Å². The number of benzene rings is 2. The topological polar surface area (TPSA) is 44.7 Å². The fourth-order valence-electron chi connectivity index (χ4n) is 2.17. The van der Waals surface area contributed by atoms with E-state index in [2.05, 4.69) is 10.3 Å². The molecule has 1 fully saturated rings. The summed E-state index contributed by atoms with van der Waals surface area (Å²) in [6.45, 7) is 0. The lowest BCUT2D eigenvalue weighted by Crippen LogP contribution is -2.19. The molecule has 1 heterocycles. The highest BCUT2D eigenvalue weighted by Crippen LogP contribution is 2.29. The molecule has 0 atom stereocenters. The number of hydrogen-bond donors (Lipinski definition) is 1. The van der Waals surface area contributed by atoms with Gasteiger partial charge in [0.2, 0.25) is 0 Å². The van der Waals surface area contributed by atoms with Crippen LogP contribution >= 0.6 is 23.4 Å². The summed E-state index contributed by atoms with van der Waals surface area (Å²) >= 11 is 6.98. The molecule has 2 aromatic carbocycles. The van der Waals surface area contributed by atoms with Crippen molar-refractivity contribution in [2.24, 2.45) is 4.99 Å². The van der Waals surface area contributed by atoms with Gasteiger partial charge in [0, 0.05) is 19.8 Å². The number of amidine groups is 1. The van der Waals surface area contributed by atoms with Crippen LogP contribution in [-0.2, 0) is 4.79 Å². The first-order valence-corrected chi connectivity index (χ1v) is 8.64. The van der Waals surface area contributed by atoms with Crippen LogP contribution in [0.3, 0.4) is 0 Å². The first kappa shape index (κ1) is 17.5. The average Bonchev–Trinajstić information content (AvgIpc) is 2.91. The lowest BCUT2D eigenvalue weighted by molar-refractivity contribution is -0.115. The second kappa shape index (κ2) is 7.29. The highest BCUT2D eigenvalue weighted by atomic mass is 35.5. The van der Waals surface area contributed by atoms with Crippen molar-refractivity contribution in [3.8, 4) is 0 Å². The second-order valence-corrected chi connectivity index (χ2v) is 7.00. The first-order valence-electron chi connectivity index (χ1n) is 7.44. The van der Waals surface area contributed by atoms with Crippen molar-refractivity contribution in [3.05, 3.63) is 63.8 Å². The Morgan fingerprint density at radius 3 is 2.56 bits per heavy atom. The lowest BCUT2D eigenvalue weighted by Gasteiger charge is -2.11. The Morgan fingerprint density at radius 2 is 1.92 bits per heavy atom. The van der Waals surface area contributed by atoms with Crippen molar-refractivity contribution in [3.63, 3.8) is 0 Å². The zero-order valence-corrected chi connectivity index (χ0v) is 15.2. The number of hydrogen-bond acceptors (Lipinski definition) is 4. The molecular formula is C18H15ClFN3OS.